The molecule has 0 aliphatic rings. The molecule has 0 bridgehead atoms. The van der Waals surface area contributed by atoms with Crippen LogP contribution >= 0.6 is 39.1 Å². The Morgan fingerprint density at radius 1 is 1.28 bits per heavy atom. The van der Waals surface area contributed by atoms with Crippen LogP contribution in [-0.2, 0) is 5.60 Å². The topological polar surface area (TPSA) is 50.9 Å². The van der Waals surface area contributed by atoms with E-state index in [2.05, 4.69) is 26.2 Å². The highest BCUT2D eigenvalue weighted by atomic mass is 79.9. The first kappa shape index (κ1) is 13.8. The lowest BCUT2D eigenvalue weighted by atomic mass is 10.1. The summed E-state index contributed by atoms with van der Waals surface area (Å²) in [5.41, 5.74) is -0.0888. The first-order chi connectivity index (χ1) is 8.29. The van der Waals surface area contributed by atoms with Crippen LogP contribution in [0.4, 0.5) is 0 Å². The Morgan fingerprint density at radius 3 is 2.28 bits per heavy atom. The molecule has 0 unspecified atom stereocenters. The molecule has 1 aromatic carbocycles. The molecule has 0 atom stereocenters. The molecule has 7 heteroatoms. The Bertz CT molecular complexity index is 569. The summed E-state index contributed by atoms with van der Waals surface area (Å²) < 4.78 is 2.23. The first-order valence-electron chi connectivity index (χ1n) is 5.09. The summed E-state index contributed by atoms with van der Waals surface area (Å²) in [6.07, 6.45) is 1.60. The highest BCUT2D eigenvalue weighted by molar-refractivity contribution is 9.10. The van der Waals surface area contributed by atoms with Crippen molar-refractivity contribution in [3.8, 4) is 5.69 Å². The van der Waals surface area contributed by atoms with E-state index in [1.165, 1.54) is 4.68 Å². The number of rotatable bonds is 2. The normalized spacial score (nSPS) is 11.9. The van der Waals surface area contributed by atoms with Crippen molar-refractivity contribution in [1.29, 1.82) is 0 Å². The maximum atomic E-state index is 9.84. The maximum absolute atomic E-state index is 9.84. The number of benzene rings is 1. The van der Waals surface area contributed by atoms with E-state index in [4.69, 9.17) is 23.2 Å². The van der Waals surface area contributed by atoms with Crippen molar-refractivity contribution >= 4 is 39.1 Å². The third-order valence-corrected chi connectivity index (χ3v) is 3.37. The fourth-order valence-electron chi connectivity index (χ4n) is 1.41. The molecule has 0 fully saturated rings. The fourth-order valence-corrected chi connectivity index (χ4v) is 2.79. The van der Waals surface area contributed by atoms with Crippen LogP contribution in [0.3, 0.4) is 0 Å². The summed E-state index contributed by atoms with van der Waals surface area (Å²) in [4.78, 5) is 0. The zero-order chi connectivity index (χ0) is 13.5. The second-order valence-corrected chi connectivity index (χ2v) is 6.06. The van der Waals surface area contributed by atoms with E-state index in [0.29, 0.717) is 21.4 Å². The second kappa shape index (κ2) is 4.81. The number of hydrogen-bond donors (Lipinski definition) is 1. The number of nitrogens with zero attached hydrogens (tertiary/aromatic N) is 3. The Kier molecular flexibility index (Phi) is 3.69. The quantitative estimate of drug-likeness (QED) is 0.900. The van der Waals surface area contributed by atoms with Gasteiger partial charge >= 0.3 is 0 Å². The van der Waals surface area contributed by atoms with Crippen LogP contribution < -0.4 is 0 Å². The zero-order valence-corrected chi connectivity index (χ0v) is 12.8. The summed E-state index contributed by atoms with van der Waals surface area (Å²) in [6.45, 7) is 3.26. The van der Waals surface area contributed by atoms with Crippen molar-refractivity contribution in [2.24, 2.45) is 0 Å². The second-order valence-electron chi connectivity index (χ2n) is 4.33. The molecule has 0 spiro atoms. The number of hydrogen-bond acceptors (Lipinski definition) is 3. The minimum absolute atomic E-state index is 0.442. The lowest BCUT2D eigenvalue weighted by Crippen LogP contribution is -2.15. The van der Waals surface area contributed by atoms with Crippen LogP contribution in [-0.4, -0.2) is 20.1 Å². The van der Waals surface area contributed by atoms with Crippen LogP contribution in [0.1, 0.15) is 19.5 Å². The van der Waals surface area contributed by atoms with Crippen LogP contribution in [0.15, 0.2) is 22.8 Å². The molecule has 0 aliphatic heterocycles. The molecule has 0 saturated carbocycles. The lowest BCUT2D eigenvalue weighted by molar-refractivity contribution is 0.0737. The summed E-state index contributed by atoms with van der Waals surface area (Å²) in [5, 5.41) is 18.6. The molecule has 0 saturated heterocycles. The number of aromatic nitrogens is 3. The minimum Gasteiger partial charge on any atom is -0.384 e. The monoisotopic (exact) mass is 349 g/mol. The number of aliphatic hydroxyl groups is 1. The van der Waals surface area contributed by atoms with Gasteiger partial charge in [-0.05, 0) is 26.0 Å². The molecule has 96 valence electrons. The third-order valence-electron chi connectivity index (χ3n) is 2.33. The van der Waals surface area contributed by atoms with Crippen molar-refractivity contribution < 1.29 is 5.11 Å². The average Bonchev–Trinajstić information content (AvgIpc) is 2.64. The van der Waals surface area contributed by atoms with Gasteiger partial charge in [0.05, 0.1) is 16.2 Å². The molecular formula is C11H10BrCl2N3O. The van der Waals surface area contributed by atoms with E-state index >= 15 is 0 Å². The molecule has 0 aliphatic carbocycles. The minimum atomic E-state index is -1.06. The Hall–Kier alpha value is -0.620. The first-order valence-corrected chi connectivity index (χ1v) is 6.64. The summed E-state index contributed by atoms with van der Waals surface area (Å²) in [5.74, 6) is 0. The van der Waals surface area contributed by atoms with Crippen molar-refractivity contribution in [3.05, 3.63) is 38.5 Å². The molecule has 0 radical (unpaired) electrons. The van der Waals surface area contributed by atoms with Crippen molar-refractivity contribution in [1.82, 2.24) is 15.0 Å². The van der Waals surface area contributed by atoms with Gasteiger partial charge in [0.25, 0.3) is 0 Å². The highest BCUT2D eigenvalue weighted by Gasteiger charge is 2.21. The van der Waals surface area contributed by atoms with Crippen LogP contribution in [0, 0.1) is 0 Å². The largest absolute Gasteiger partial charge is 0.384 e. The van der Waals surface area contributed by atoms with E-state index in [0.717, 1.165) is 4.47 Å². The molecule has 2 aromatic rings. The van der Waals surface area contributed by atoms with Gasteiger partial charge in [-0.2, -0.15) is 0 Å². The van der Waals surface area contributed by atoms with Gasteiger partial charge in [-0.25, -0.2) is 4.68 Å². The van der Waals surface area contributed by atoms with Gasteiger partial charge in [0.1, 0.15) is 17.0 Å². The standard InChI is InChI=1S/C11H10BrCl2N3O/c1-11(2,18)9-5-17(16-15-9)10-7(13)3-6(12)4-8(10)14/h3-5,18H,1-2H3. The van der Waals surface area contributed by atoms with Gasteiger partial charge in [0.2, 0.25) is 0 Å². The molecule has 1 aromatic heterocycles. The lowest BCUT2D eigenvalue weighted by Gasteiger charge is -2.12. The molecular weight excluding hydrogens is 341 g/mol. The Morgan fingerprint density at radius 2 is 1.83 bits per heavy atom. The molecule has 2 rings (SSSR count). The van der Waals surface area contributed by atoms with Gasteiger partial charge in [-0.1, -0.05) is 44.3 Å². The third kappa shape index (κ3) is 2.69. The van der Waals surface area contributed by atoms with Crippen LogP contribution in [0.25, 0.3) is 5.69 Å². The van der Waals surface area contributed by atoms with E-state index in [-0.39, 0.29) is 0 Å². The van der Waals surface area contributed by atoms with E-state index in [1.807, 2.05) is 0 Å². The van der Waals surface area contributed by atoms with Gasteiger partial charge in [0, 0.05) is 4.47 Å². The molecule has 18 heavy (non-hydrogen) atoms. The maximum Gasteiger partial charge on any atom is 0.114 e. The molecule has 4 nitrogen and oxygen atoms in total. The summed E-state index contributed by atoms with van der Waals surface area (Å²) in [6, 6.07) is 3.43. The van der Waals surface area contributed by atoms with Gasteiger partial charge < -0.3 is 5.11 Å². The predicted molar refractivity (Wildman–Crippen MR) is 74.3 cm³/mol. The van der Waals surface area contributed by atoms with E-state index in [1.54, 1.807) is 32.2 Å². The number of halogens is 3. The van der Waals surface area contributed by atoms with Crippen molar-refractivity contribution in [2.75, 3.05) is 0 Å². The fraction of sp³-hybridized carbons (Fsp3) is 0.273. The summed E-state index contributed by atoms with van der Waals surface area (Å²) >= 11 is 15.6. The van der Waals surface area contributed by atoms with Crippen LogP contribution in [0.5, 0.6) is 0 Å². The smallest absolute Gasteiger partial charge is 0.114 e. The molecule has 1 heterocycles. The van der Waals surface area contributed by atoms with Gasteiger partial charge in [-0.3, -0.25) is 0 Å². The van der Waals surface area contributed by atoms with E-state index in [9.17, 15) is 5.11 Å². The Balaban J connectivity index is 2.53. The van der Waals surface area contributed by atoms with Crippen LogP contribution in [0.2, 0.25) is 10.0 Å². The van der Waals surface area contributed by atoms with Crippen molar-refractivity contribution in [2.45, 2.75) is 19.4 Å². The Labute approximate surface area is 123 Å². The summed E-state index contributed by atoms with van der Waals surface area (Å²) in [7, 11) is 0. The highest BCUT2D eigenvalue weighted by Crippen LogP contribution is 2.32. The molecule has 1 N–H and O–H groups in total. The van der Waals surface area contributed by atoms with Gasteiger partial charge in [-0.15, -0.1) is 5.10 Å². The zero-order valence-electron chi connectivity index (χ0n) is 9.65. The SMILES string of the molecule is CC(C)(O)c1cn(-c2c(Cl)cc(Br)cc2Cl)nn1. The molecule has 0 amide bonds. The van der Waals surface area contributed by atoms with E-state index < -0.39 is 5.60 Å². The predicted octanol–water partition coefficient (Wildman–Crippen LogP) is 3.56. The van der Waals surface area contributed by atoms with Crippen molar-refractivity contribution in [3.63, 3.8) is 0 Å². The van der Waals surface area contributed by atoms with Gasteiger partial charge in [0.15, 0.2) is 0 Å². The average molecular weight is 351 g/mol.